The first-order valence-electron chi connectivity index (χ1n) is 3.28. The molecule has 1 atom stereocenters. The van der Waals surface area contributed by atoms with Crippen LogP contribution in [0.1, 0.15) is 19.8 Å². The number of hydrogen-bond acceptors (Lipinski definition) is 1. The Morgan fingerprint density at radius 3 is 2.33 bits per heavy atom. The molecule has 1 saturated heterocycles. The molecule has 3 heteroatoms. The van der Waals surface area contributed by atoms with Gasteiger partial charge in [-0.2, -0.15) is 0 Å². The fourth-order valence-electron chi connectivity index (χ4n) is 0.896. The van der Waals surface area contributed by atoms with E-state index in [2.05, 4.69) is 5.32 Å². The molecule has 0 saturated carbocycles. The fraction of sp³-hybridized carbons (Fsp3) is 1.00. The molecule has 1 heterocycles. The number of nitrogens with one attached hydrogen (secondary N) is 1. The van der Waals surface area contributed by atoms with E-state index in [0.717, 1.165) is 6.54 Å². The molecule has 0 aromatic heterocycles. The van der Waals surface area contributed by atoms with Crippen molar-refractivity contribution in [3.05, 3.63) is 0 Å². The van der Waals surface area contributed by atoms with Gasteiger partial charge in [-0.05, 0) is 13.0 Å². The van der Waals surface area contributed by atoms with E-state index in [0.29, 0.717) is 6.42 Å². The first-order chi connectivity index (χ1) is 4.17. The largest absolute Gasteiger partial charge is 0.309 e. The van der Waals surface area contributed by atoms with Crippen molar-refractivity contribution in [3.63, 3.8) is 0 Å². The smallest absolute Gasteiger partial charge is 0.262 e. The van der Waals surface area contributed by atoms with Crippen molar-refractivity contribution in [1.29, 1.82) is 0 Å². The number of alkyl halides is 2. The molecule has 1 unspecified atom stereocenters. The second-order valence-electron chi connectivity index (χ2n) is 2.41. The summed E-state index contributed by atoms with van der Waals surface area (Å²) in [7, 11) is 0. The number of rotatable bonds is 2. The molecule has 1 aliphatic rings. The first kappa shape index (κ1) is 6.93. The maximum atomic E-state index is 12.5. The van der Waals surface area contributed by atoms with Gasteiger partial charge in [0.1, 0.15) is 0 Å². The molecule has 0 bridgehead atoms. The van der Waals surface area contributed by atoms with Gasteiger partial charge < -0.3 is 5.32 Å². The predicted octanol–water partition coefficient (Wildman–Crippen LogP) is 1.39. The van der Waals surface area contributed by atoms with Crippen molar-refractivity contribution < 1.29 is 8.78 Å². The maximum absolute atomic E-state index is 12.5. The zero-order valence-electron chi connectivity index (χ0n) is 5.45. The van der Waals surface area contributed by atoms with Gasteiger partial charge in [-0.15, -0.1) is 0 Å². The van der Waals surface area contributed by atoms with Gasteiger partial charge in [0, 0.05) is 6.42 Å². The molecule has 0 aromatic carbocycles. The monoisotopic (exact) mass is 135 g/mol. The lowest BCUT2D eigenvalue weighted by molar-refractivity contribution is -0.0608. The van der Waals surface area contributed by atoms with Crippen molar-refractivity contribution in [3.8, 4) is 0 Å². The van der Waals surface area contributed by atoms with Crippen LogP contribution in [0.3, 0.4) is 0 Å². The molecule has 0 aliphatic carbocycles. The summed E-state index contributed by atoms with van der Waals surface area (Å²) in [5.41, 5.74) is 0. The van der Waals surface area contributed by atoms with E-state index in [9.17, 15) is 8.78 Å². The van der Waals surface area contributed by atoms with Gasteiger partial charge in [0.2, 0.25) is 0 Å². The lowest BCUT2D eigenvalue weighted by Crippen LogP contribution is -2.54. The van der Waals surface area contributed by atoms with Gasteiger partial charge in [-0.1, -0.05) is 6.92 Å². The topological polar surface area (TPSA) is 12.0 Å². The van der Waals surface area contributed by atoms with E-state index in [-0.39, 0.29) is 6.42 Å². The van der Waals surface area contributed by atoms with Crippen molar-refractivity contribution in [2.45, 2.75) is 31.7 Å². The molecule has 9 heavy (non-hydrogen) atoms. The van der Waals surface area contributed by atoms with Crippen molar-refractivity contribution in [2.24, 2.45) is 0 Å². The van der Waals surface area contributed by atoms with Crippen LogP contribution in [0.5, 0.6) is 0 Å². The van der Waals surface area contributed by atoms with Gasteiger partial charge >= 0.3 is 0 Å². The Bertz CT molecular complexity index is 99.2. The highest BCUT2D eigenvalue weighted by Gasteiger charge is 2.40. The second-order valence-corrected chi connectivity index (χ2v) is 2.41. The van der Waals surface area contributed by atoms with Crippen LogP contribution in [0, 0.1) is 0 Å². The molecule has 1 aliphatic heterocycles. The van der Waals surface area contributed by atoms with Crippen molar-refractivity contribution in [1.82, 2.24) is 5.32 Å². The Labute approximate surface area is 53.4 Å². The Balaban J connectivity index is 2.37. The highest BCUT2D eigenvalue weighted by molar-refractivity contribution is 4.89. The van der Waals surface area contributed by atoms with Gasteiger partial charge in [0.05, 0.1) is 6.04 Å². The molecule has 1 rings (SSSR count). The van der Waals surface area contributed by atoms with E-state index in [4.69, 9.17) is 0 Å². The molecule has 0 radical (unpaired) electrons. The Morgan fingerprint density at radius 1 is 1.67 bits per heavy atom. The van der Waals surface area contributed by atoms with E-state index in [1.54, 1.807) is 0 Å². The lowest BCUT2D eigenvalue weighted by Gasteiger charge is -2.34. The first-order valence-corrected chi connectivity index (χ1v) is 3.28. The van der Waals surface area contributed by atoms with Crippen LogP contribution in [-0.4, -0.2) is 18.5 Å². The van der Waals surface area contributed by atoms with Crippen LogP contribution >= 0.6 is 0 Å². The van der Waals surface area contributed by atoms with E-state index < -0.39 is 12.0 Å². The summed E-state index contributed by atoms with van der Waals surface area (Å²) in [6, 6.07) is -0.539. The minimum Gasteiger partial charge on any atom is -0.309 e. The van der Waals surface area contributed by atoms with Crippen LogP contribution < -0.4 is 5.32 Å². The third kappa shape index (κ3) is 1.21. The fourth-order valence-corrected chi connectivity index (χ4v) is 0.896. The number of hydrogen-bond donors (Lipinski definition) is 1. The number of halogens is 2. The molecule has 54 valence electrons. The third-order valence-electron chi connectivity index (χ3n) is 1.80. The van der Waals surface area contributed by atoms with Crippen molar-refractivity contribution in [2.75, 3.05) is 6.54 Å². The average molecular weight is 135 g/mol. The normalized spacial score (nSPS) is 27.7. The van der Waals surface area contributed by atoms with Crippen LogP contribution in [-0.2, 0) is 0 Å². The zero-order chi connectivity index (χ0) is 6.91. The molecular formula is C6H11F2N. The van der Waals surface area contributed by atoms with Gasteiger partial charge in [-0.3, -0.25) is 0 Å². The highest BCUT2D eigenvalue weighted by Crippen LogP contribution is 2.27. The van der Waals surface area contributed by atoms with Gasteiger partial charge in [-0.25, -0.2) is 8.78 Å². The Morgan fingerprint density at radius 2 is 2.22 bits per heavy atom. The molecular weight excluding hydrogens is 124 g/mol. The lowest BCUT2D eigenvalue weighted by atomic mass is 9.98. The molecule has 1 N–H and O–H groups in total. The second kappa shape index (κ2) is 2.21. The summed E-state index contributed by atoms with van der Waals surface area (Å²) < 4.78 is 25.1. The van der Waals surface area contributed by atoms with Crippen molar-refractivity contribution >= 4 is 0 Å². The van der Waals surface area contributed by atoms with Gasteiger partial charge in [0.25, 0.3) is 5.92 Å². The zero-order valence-corrected chi connectivity index (χ0v) is 5.45. The molecule has 0 amide bonds. The van der Waals surface area contributed by atoms with Crippen LogP contribution in [0.25, 0.3) is 0 Å². The highest BCUT2D eigenvalue weighted by atomic mass is 19.3. The van der Waals surface area contributed by atoms with E-state index in [1.807, 2.05) is 0 Å². The van der Waals surface area contributed by atoms with Crippen LogP contribution in [0.2, 0.25) is 0 Å². The molecule has 0 spiro atoms. The Kier molecular flexibility index (Phi) is 1.70. The average Bonchev–Trinajstić information content (AvgIpc) is 1.60. The SMILES string of the molecule is CCC(F)(F)C1CCN1. The maximum Gasteiger partial charge on any atom is 0.262 e. The summed E-state index contributed by atoms with van der Waals surface area (Å²) in [5.74, 6) is -2.47. The quantitative estimate of drug-likeness (QED) is 0.603. The third-order valence-corrected chi connectivity index (χ3v) is 1.80. The molecule has 1 fully saturated rings. The Hall–Kier alpha value is -0.180. The summed E-state index contributed by atoms with van der Waals surface area (Å²) in [5, 5.41) is 2.69. The van der Waals surface area contributed by atoms with Crippen LogP contribution in [0.4, 0.5) is 8.78 Å². The standard InChI is InChI=1S/C6H11F2N/c1-2-6(7,8)5-3-4-9-5/h5,9H,2-4H2,1H3. The molecule has 0 aromatic rings. The summed E-state index contributed by atoms with van der Waals surface area (Å²) >= 11 is 0. The molecule has 1 nitrogen and oxygen atoms in total. The van der Waals surface area contributed by atoms with Crippen LogP contribution in [0.15, 0.2) is 0 Å². The summed E-state index contributed by atoms with van der Waals surface area (Å²) in [6.45, 7) is 2.26. The summed E-state index contributed by atoms with van der Waals surface area (Å²) in [6.07, 6.45) is 0.575. The van der Waals surface area contributed by atoms with E-state index >= 15 is 0 Å². The van der Waals surface area contributed by atoms with E-state index in [1.165, 1.54) is 6.92 Å². The summed E-state index contributed by atoms with van der Waals surface area (Å²) in [4.78, 5) is 0. The predicted molar refractivity (Wildman–Crippen MR) is 31.6 cm³/mol. The minimum absolute atomic E-state index is 0.0509. The minimum atomic E-state index is -2.47. The van der Waals surface area contributed by atoms with Gasteiger partial charge in [0.15, 0.2) is 0 Å².